The molecule has 2 aliphatic rings. The first-order chi connectivity index (χ1) is 10.1. The molecular weight excluding hydrogens is 288 g/mol. The fourth-order valence-corrected chi connectivity index (χ4v) is 3.61. The third-order valence-electron chi connectivity index (χ3n) is 4.45. The van der Waals surface area contributed by atoms with E-state index >= 15 is 0 Å². The van der Waals surface area contributed by atoms with Crippen molar-refractivity contribution in [3.63, 3.8) is 0 Å². The van der Waals surface area contributed by atoms with E-state index in [1.165, 1.54) is 32.1 Å². The van der Waals surface area contributed by atoms with Crippen molar-refractivity contribution in [3.05, 3.63) is 22.7 Å². The number of fused-ring (bicyclic) bond motifs is 1. The molecule has 0 aromatic heterocycles. The molecule has 21 heavy (non-hydrogen) atoms. The van der Waals surface area contributed by atoms with Gasteiger partial charge in [-0.2, -0.15) is 0 Å². The lowest BCUT2D eigenvalue weighted by atomic mass is 9.89. The molecule has 1 N–H and O–H groups in total. The second-order valence-corrected chi connectivity index (χ2v) is 6.42. The number of hydrogen-bond acceptors (Lipinski definition) is 3. The molecule has 0 unspecified atom stereocenters. The highest BCUT2D eigenvalue weighted by Crippen LogP contribution is 2.35. The largest absolute Gasteiger partial charge is 0.373 e. The minimum Gasteiger partial charge on any atom is -0.373 e. The van der Waals surface area contributed by atoms with E-state index in [0.29, 0.717) is 22.2 Å². The number of carbonyl (C=O) groups is 2. The average Bonchev–Trinajstić information content (AvgIpc) is 2.74. The molecule has 0 bridgehead atoms. The Balaban J connectivity index is 1.80. The predicted octanol–water partition coefficient (Wildman–Crippen LogP) is 3.49. The zero-order chi connectivity index (χ0) is 15.0. The maximum absolute atomic E-state index is 11.7. The van der Waals surface area contributed by atoms with Crippen LogP contribution in [0.15, 0.2) is 12.1 Å². The van der Waals surface area contributed by atoms with Crippen molar-refractivity contribution in [3.8, 4) is 0 Å². The van der Waals surface area contributed by atoms with E-state index in [1.54, 1.807) is 6.07 Å². The van der Waals surface area contributed by atoms with Gasteiger partial charge in [-0.25, -0.2) is 0 Å². The summed E-state index contributed by atoms with van der Waals surface area (Å²) < 4.78 is 0. The van der Waals surface area contributed by atoms with Crippen molar-refractivity contribution in [1.29, 1.82) is 0 Å². The topological polar surface area (TPSA) is 49.4 Å². The lowest BCUT2D eigenvalue weighted by molar-refractivity contribution is -0.112. The molecule has 1 aromatic rings. The highest BCUT2D eigenvalue weighted by atomic mass is 35.5. The molecule has 1 aliphatic heterocycles. The number of nitrogens with one attached hydrogen (secondary N) is 1. The number of hydrogen-bond donors (Lipinski definition) is 1. The summed E-state index contributed by atoms with van der Waals surface area (Å²) in [6.07, 6.45) is 6.49. The van der Waals surface area contributed by atoms with Crippen molar-refractivity contribution in [2.75, 3.05) is 23.8 Å². The predicted molar refractivity (Wildman–Crippen MR) is 84.3 cm³/mol. The highest BCUT2D eigenvalue weighted by molar-refractivity contribution is 6.52. The van der Waals surface area contributed by atoms with Gasteiger partial charge in [-0.15, -0.1) is 0 Å². The van der Waals surface area contributed by atoms with Crippen LogP contribution in [0.5, 0.6) is 0 Å². The molecule has 1 fully saturated rings. The van der Waals surface area contributed by atoms with Crippen molar-refractivity contribution in [1.82, 2.24) is 0 Å². The highest BCUT2D eigenvalue weighted by Gasteiger charge is 2.29. The van der Waals surface area contributed by atoms with Crippen LogP contribution < -0.4 is 10.2 Å². The summed E-state index contributed by atoms with van der Waals surface area (Å²) in [6, 6.07) is 3.41. The molecule has 1 saturated carbocycles. The van der Waals surface area contributed by atoms with Crippen LogP contribution in [0.4, 0.5) is 11.4 Å². The fourth-order valence-electron chi connectivity index (χ4n) is 3.30. The quantitative estimate of drug-likeness (QED) is 0.870. The van der Waals surface area contributed by atoms with Crippen molar-refractivity contribution < 1.29 is 9.59 Å². The minimum atomic E-state index is -0.576. The maximum Gasteiger partial charge on any atom is 0.296 e. The van der Waals surface area contributed by atoms with E-state index in [9.17, 15) is 9.59 Å². The number of ketones is 1. The molecule has 112 valence electrons. The zero-order valence-corrected chi connectivity index (χ0v) is 12.9. The van der Waals surface area contributed by atoms with E-state index in [-0.39, 0.29) is 0 Å². The first-order valence-electron chi connectivity index (χ1n) is 7.46. The van der Waals surface area contributed by atoms with Crippen molar-refractivity contribution >= 4 is 34.7 Å². The van der Waals surface area contributed by atoms with Gasteiger partial charge in [0.1, 0.15) is 0 Å². The second kappa shape index (κ2) is 5.68. The van der Waals surface area contributed by atoms with Gasteiger partial charge in [-0.3, -0.25) is 9.59 Å². The number of carbonyl (C=O) groups excluding carboxylic acids is 2. The summed E-state index contributed by atoms with van der Waals surface area (Å²) in [5.74, 6) is -0.383. The Hall–Kier alpha value is -1.55. The van der Waals surface area contributed by atoms with Gasteiger partial charge in [0.05, 0.1) is 22.0 Å². The third kappa shape index (κ3) is 2.77. The summed E-state index contributed by atoms with van der Waals surface area (Å²) in [4.78, 5) is 25.2. The van der Waals surface area contributed by atoms with E-state index in [2.05, 4.69) is 10.2 Å². The van der Waals surface area contributed by atoms with Crippen LogP contribution in [0.1, 0.15) is 42.5 Å². The average molecular weight is 307 g/mol. The minimum absolute atomic E-state index is 0.375. The van der Waals surface area contributed by atoms with Gasteiger partial charge in [0.15, 0.2) is 0 Å². The molecule has 1 aliphatic carbocycles. The zero-order valence-electron chi connectivity index (χ0n) is 12.1. The van der Waals surface area contributed by atoms with E-state index in [4.69, 9.17) is 11.6 Å². The van der Waals surface area contributed by atoms with Gasteiger partial charge in [-0.1, -0.05) is 30.9 Å². The monoisotopic (exact) mass is 306 g/mol. The Labute approximate surface area is 129 Å². The first kappa shape index (κ1) is 14.4. The van der Waals surface area contributed by atoms with Crippen molar-refractivity contribution in [2.24, 2.45) is 5.92 Å². The summed E-state index contributed by atoms with van der Waals surface area (Å²) in [7, 11) is 2.01. The van der Waals surface area contributed by atoms with Crippen LogP contribution in [0, 0.1) is 5.92 Å². The van der Waals surface area contributed by atoms with Gasteiger partial charge in [0.2, 0.25) is 0 Å². The molecule has 1 heterocycles. The smallest absolute Gasteiger partial charge is 0.296 e. The maximum atomic E-state index is 11.7. The van der Waals surface area contributed by atoms with Crippen LogP contribution in [0.3, 0.4) is 0 Å². The molecular formula is C16H19ClN2O2. The number of amides is 1. The summed E-state index contributed by atoms with van der Waals surface area (Å²) in [5, 5.41) is 3.12. The molecule has 0 atom stereocenters. The molecule has 3 rings (SSSR count). The van der Waals surface area contributed by atoms with Gasteiger partial charge in [-0.05, 0) is 30.9 Å². The standard InChI is InChI=1S/C16H19ClN2O2/c1-19(9-10-5-3-2-4-6-10)14-8-13-11(7-12(14)17)15(20)16(21)18-13/h7-8,10H,2-6,9H2,1H3,(H,18,20,21). The molecule has 5 heteroatoms. The number of nitrogens with zero attached hydrogens (tertiary/aromatic N) is 1. The third-order valence-corrected chi connectivity index (χ3v) is 4.76. The number of benzene rings is 1. The molecule has 0 radical (unpaired) electrons. The Morgan fingerprint density at radius 1 is 1.24 bits per heavy atom. The summed E-state index contributed by atoms with van der Waals surface area (Å²) in [5.41, 5.74) is 1.82. The summed E-state index contributed by atoms with van der Waals surface area (Å²) in [6.45, 7) is 0.959. The van der Waals surface area contributed by atoms with E-state index in [0.717, 1.165) is 12.2 Å². The SMILES string of the molecule is CN(CC1CCCCC1)c1cc2c(cc1Cl)C(=O)C(=O)N2. The van der Waals surface area contributed by atoms with Crippen LogP contribution in [-0.4, -0.2) is 25.3 Å². The molecule has 1 aromatic carbocycles. The number of Topliss-reactive ketones (excluding diaryl/α,β-unsaturated/α-hetero) is 1. The lowest BCUT2D eigenvalue weighted by Crippen LogP contribution is -2.27. The Kier molecular flexibility index (Phi) is 3.89. The fraction of sp³-hybridized carbons (Fsp3) is 0.500. The van der Waals surface area contributed by atoms with Gasteiger partial charge < -0.3 is 10.2 Å². The van der Waals surface area contributed by atoms with E-state index < -0.39 is 11.7 Å². The van der Waals surface area contributed by atoms with E-state index in [1.807, 2.05) is 13.1 Å². The van der Waals surface area contributed by atoms with Gasteiger partial charge in [0, 0.05) is 13.6 Å². The first-order valence-corrected chi connectivity index (χ1v) is 7.84. The molecule has 4 nitrogen and oxygen atoms in total. The number of anilines is 2. The molecule has 0 saturated heterocycles. The Morgan fingerprint density at radius 2 is 1.95 bits per heavy atom. The molecule has 1 amide bonds. The van der Waals surface area contributed by atoms with Crippen LogP contribution in [0.25, 0.3) is 0 Å². The van der Waals surface area contributed by atoms with Crippen molar-refractivity contribution in [2.45, 2.75) is 32.1 Å². The lowest BCUT2D eigenvalue weighted by Gasteiger charge is -2.29. The van der Waals surface area contributed by atoms with Crippen LogP contribution >= 0.6 is 11.6 Å². The summed E-state index contributed by atoms with van der Waals surface area (Å²) >= 11 is 6.30. The Morgan fingerprint density at radius 3 is 2.67 bits per heavy atom. The van der Waals surface area contributed by atoms with Gasteiger partial charge >= 0.3 is 0 Å². The number of halogens is 1. The van der Waals surface area contributed by atoms with Crippen LogP contribution in [-0.2, 0) is 4.79 Å². The van der Waals surface area contributed by atoms with Crippen LogP contribution in [0.2, 0.25) is 5.02 Å². The normalized spacial score (nSPS) is 18.6. The molecule has 0 spiro atoms. The second-order valence-electron chi connectivity index (χ2n) is 6.02. The van der Waals surface area contributed by atoms with Gasteiger partial charge in [0.25, 0.3) is 11.7 Å². The number of rotatable bonds is 3. The Bertz CT molecular complexity index is 594.